The van der Waals surface area contributed by atoms with Gasteiger partial charge in [0.2, 0.25) is 0 Å². The third-order valence-electron chi connectivity index (χ3n) is 4.82. The zero-order valence-corrected chi connectivity index (χ0v) is 16.5. The lowest BCUT2D eigenvalue weighted by Gasteiger charge is -2.27. The predicted molar refractivity (Wildman–Crippen MR) is 106 cm³/mol. The van der Waals surface area contributed by atoms with Crippen molar-refractivity contribution in [1.29, 1.82) is 0 Å². The van der Waals surface area contributed by atoms with Crippen LogP contribution in [0.2, 0.25) is 0 Å². The van der Waals surface area contributed by atoms with Crippen LogP contribution >= 0.6 is 0 Å². The van der Waals surface area contributed by atoms with Gasteiger partial charge in [0.25, 0.3) is 5.91 Å². The minimum Gasteiger partial charge on any atom is -0.489 e. The van der Waals surface area contributed by atoms with E-state index in [0.717, 1.165) is 5.56 Å². The van der Waals surface area contributed by atoms with Crippen LogP contribution in [0.5, 0.6) is 5.75 Å². The summed E-state index contributed by atoms with van der Waals surface area (Å²) >= 11 is 0. The second-order valence-electron chi connectivity index (χ2n) is 6.95. The van der Waals surface area contributed by atoms with Gasteiger partial charge in [0.05, 0.1) is 11.5 Å². The number of hydrogen-bond donors (Lipinski definition) is 0. The molecule has 1 heterocycles. The number of carbonyl (C=O) groups excluding carboxylic acids is 1. The Kier molecular flexibility index (Phi) is 5.85. The molecule has 2 aromatic carbocycles. The highest BCUT2D eigenvalue weighted by molar-refractivity contribution is 7.91. The van der Waals surface area contributed by atoms with Crippen molar-refractivity contribution < 1.29 is 17.9 Å². The zero-order valence-electron chi connectivity index (χ0n) is 15.7. The molecule has 27 heavy (non-hydrogen) atoms. The Bertz CT molecular complexity index is 923. The summed E-state index contributed by atoms with van der Waals surface area (Å²) < 4.78 is 29.4. The molecule has 0 aromatic heterocycles. The summed E-state index contributed by atoms with van der Waals surface area (Å²) in [4.78, 5) is 14.6. The van der Waals surface area contributed by atoms with Gasteiger partial charge in [0.1, 0.15) is 12.4 Å². The third kappa shape index (κ3) is 4.89. The molecule has 144 valence electrons. The molecule has 0 N–H and O–H groups in total. The van der Waals surface area contributed by atoms with Crippen LogP contribution in [0.1, 0.15) is 34.8 Å². The maximum Gasteiger partial charge on any atom is 0.254 e. The van der Waals surface area contributed by atoms with E-state index in [1.807, 2.05) is 38.1 Å². The largest absolute Gasteiger partial charge is 0.489 e. The Morgan fingerprint density at radius 1 is 1.19 bits per heavy atom. The molecule has 2 aromatic rings. The highest BCUT2D eigenvalue weighted by Crippen LogP contribution is 2.22. The monoisotopic (exact) mass is 387 g/mol. The molecule has 1 atom stereocenters. The first kappa shape index (κ1) is 19.4. The molecule has 0 aliphatic carbocycles. The van der Waals surface area contributed by atoms with Crippen LogP contribution in [0, 0.1) is 6.92 Å². The Morgan fingerprint density at radius 2 is 1.96 bits per heavy atom. The van der Waals surface area contributed by atoms with Gasteiger partial charge in [-0.2, -0.15) is 0 Å². The van der Waals surface area contributed by atoms with Crippen LogP contribution in [0.3, 0.4) is 0 Å². The lowest BCUT2D eigenvalue weighted by Crippen LogP contribution is -2.40. The Labute approximate surface area is 160 Å². The van der Waals surface area contributed by atoms with Crippen LogP contribution in [0.4, 0.5) is 0 Å². The number of hydrogen-bond acceptors (Lipinski definition) is 4. The smallest absolute Gasteiger partial charge is 0.254 e. The fourth-order valence-electron chi connectivity index (χ4n) is 3.44. The van der Waals surface area contributed by atoms with Crippen molar-refractivity contribution in [3.05, 3.63) is 65.2 Å². The Hall–Kier alpha value is -2.34. The molecule has 0 bridgehead atoms. The highest BCUT2D eigenvalue weighted by Gasteiger charge is 2.34. The van der Waals surface area contributed by atoms with Crippen LogP contribution in [0.15, 0.2) is 48.5 Å². The molecule has 1 aliphatic heterocycles. The van der Waals surface area contributed by atoms with Gasteiger partial charge in [-0.3, -0.25) is 4.79 Å². The molecule has 1 aliphatic rings. The van der Waals surface area contributed by atoms with E-state index in [-0.39, 0.29) is 23.5 Å². The summed E-state index contributed by atoms with van der Waals surface area (Å²) in [6, 6.07) is 14.9. The normalized spacial score (nSPS) is 18.2. The van der Waals surface area contributed by atoms with Gasteiger partial charge in [-0.1, -0.05) is 35.9 Å². The van der Waals surface area contributed by atoms with Gasteiger partial charge < -0.3 is 9.64 Å². The number of nitrogens with zero attached hydrogens (tertiary/aromatic N) is 1. The molecular weight excluding hydrogens is 362 g/mol. The first-order chi connectivity index (χ1) is 12.9. The first-order valence-corrected chi connectivity index (χ1v) is 11.0. The second-order valence-corrected chi connectivity index (χ2v) is 9.18. The molecule has 0 radical (unpaired) electrons. The molecule has 0 unspecified atom stereocenters. The minimum absolute atomic E-state index is 0.0517. The summed E-state index contributed by atoms with van der Waals surface area (Å²) in [6.07, 6.45) is 0.505. The molecule has 5 nitrogen and oxygen atoms in total. The van der Waals surface area contributed by atoms with Crippen LogP contribution in [0.25, 0.3) is 0 Å². The fraction of sp³-hybridized carbons (Fsp3) is 0.381. The van der Waals surface area contributed by atoms with E-state index in [1.54, 1.807) is 23.1 Å². The summed E-state index contributed by atoms with van der Waals surface area (Å²) in [5.41, 5.74) is 2.76. The molecular formula is C21H25NO4S. The lowest BCUT2D eigenvalue weighted by molar-refractivity contribution is 0.0708. The molecule has 0 saturated carbocycles. The molecule has 6 heteroatoms. The number of ether oxygens (including phenoxy) is 1. The predicted octanol–water partition coefficient (Wildman–Crippen LogP) is 3.22. The lowest BCUT2D eigenvalue weighted by atomic mass is 10.1. The third-order valence-corrected chi connectivity index (χ3v) is 6.57. The minimum atomic E-state index is -3.04. The Morgan fingerprint density at radius 3 is 2.63 bits per heavy atom. The van der Waals surface area contributed by atoms with E-state index in [4.69, 9.17) is 4.74 Å². The highest BCUT2D eigenvalue weighted by atomic mass is 32.2. The summed E-state index contributed by atoms with van der Waals surface area (Å²) in [6.45, 7) is 4.82. The standard InChI is InChI=1S/C21H25NO4S/c1-3-22(19-10-11-27(24,25)15-19)21(23)18-8-5-9-20(13-18)26-14-17-7-4-6-16(2)12-17/h4-9,12-13,19H,3,10-11,14-15H2,1-2H3/t19-/m0/s1. The van der Waals surface area contributed by atoms with E-state index in [0.29, 0.717) is 30.9 Å². The number of amides is 1. The van der Waals surface area contributed by atoms with Crippen LogP contribution in [-0.2, 0) is 16.4 Å². The maximum atomic E-state index is 12.9. The van der Waals surface area contributed by atoms with Crippen molar-refractivity contribution in [2.45, 2.75) is 32.9 Å². The first-order valence-electron chi connectivity index (χ1n) is 9.18. The van der Waals surface area contributed by atoms with E-state index < -0.39 is 9.84 Å². The quantitative estimate of drug-likeness (QED) is 0.763. The molecule has 1 amide bonds. The number of benzene rings is 2. The van der Waals surface area contributed by atoms with E-state index in [2.05, 4.69) is 6.07 Å². The van der Waals surface area contributed by atoms with Gasteiger partial charge in [-0.25, -0.2) is 8.42 Å². The SMILES string of the molecule is CCN(C(=O)c1cccc(OCc2cccc(C)c2)c1)[C@H]1CCS(=O)(=O)C1. The van der Waals surface area contributed by atoms with Crippen molar-refractivity contribution in [3.63, 3.8) is 0 Å². The van der Waals surface area contributed by atoms with E-state index in [9.17, 15) is 13.2 Å². The van der Waals surface area contributed by atoms with Gasteiger partial charge in [0, 0.05) is 18.2 Å². The van der Waals surface area contributed by atoms with Crippen molar-refractivity contribution >= 4 is 15.7 Å². The van der Waals surface area contributed by atoms with Gasteiger partial charge >= 0.3 is 0 Å². The molecule has 3 rings (SSSR count). The fourth-order valence-corrected chi connectivity index (χ4v) is 5.17. The molecule has 0 spiro atoms. The van der Waals surface area contributed by atoms with E-state index >= 15 is 0 Å². The topological polar surface area (TPSA) is 63.7 Å². The van der Waals surface area contributed by atoms with Crippen molar-refractivity contribution in [3.8, 4) is 5.75 Å². The van der Waals surface area contributed by atoms with Crippen LogP contribution in [-0.4, -0.2) is 43.3 Å². The summed E-state index contributed by atoms with van der Waals surface area (Å²) in [5.74, 6) is 0.676. The summed E-state index contributed by atoms with van der Waals surface area (Å²) in [5, 5.41) is 0. The Balaban J connectivity index is 1.71. The van der Waals surface area contributed by atoms with Gasteiger partial charge in [-0.05, 0) is 44.0 Å². The van der Waals surface area contributed by atoms with E-state index in [1.165, 1.54) is 5.56 Å². The molecule has 1 saturated heterocycles. The average molecular weight is 388 g/mol. The van der Waals surface area contributed by atoms with Crippen LogP contribution < -0.4 is 4.74 Å². The maximum absolute atomic E-state index is 12.9. The van der Waals surface area contributed by atoms with Crippen molar-refractivity contribution in [2.24, 2.45) is 0 Å². The molecule has 1 fully saturated rings. The number of carbonyl (C=O) groups is 1. The average Bonchev–Trinajstić information content (AvgIpc) is 3.00. The number of aryl methyl sites for hydroxylation is 1. The van der Waals surface area contributed by atoms with Gasteiger partial charge in [-0.15, -0.1) is 0 Å². The van der Waals surface area contributed by atoms with Crippen molar-refractivity contribution in [2.75, 3.05) is 18.1 Å². The zero-order chi connectivity index (χ0) is 19.4. The number of sulfone groups is 1. The second kappa shape index (κ2) is 8.13. The van der Waals surface area contributed by atoms with Crippen molar-refractivity contribution in [1.82, 2.24) is 4.90 Å². The van der Waals surface area contributed by atoms with Gasteiger partial charge in [0.15, 0.2) is 9.84 Å². The summed E-state index contributed by atoms with van der Waals surface area (Å²) in [7, 11) is -3.04. The number of rotatable bonds is 6.